The zero-order valence-electron chi connectivity index (χ0n) is 12.4. The molecule has 5 nitrogen and oxygen atoms in total. The van der Waals surface area contributed by atoms with E-state index in [0.29, 0.717) is 11.6 Å². The number of benzene rings is 2. The molecule has 0 saturated carbocycles. The highest BCUT2D eigenvalue weighted by Gasteiger charge is 2.14. The van der Waals surface area contributed by atoms with E-state index in [4.69, 9.17) is 4.98 Å². The van der Waals surface area contributed by atoms with Gasteiger partial charge in [0, 0.05) is 19.7 Å². The van der Waals surface area contributed by atoms with Crippen LogP contribution in [0.4, 0.5) is 5.95 Å². The first-order valence-corrected chi connectivity index (χ1v) is 7.12. The molecule has 4 aromatic rings. The topological polar surface area (TPSA) is 46.3 Å². The number of anilines is 1. The number of nitrogens with zero attached hydrogens (tertiary/aromatic N) is 5. The van der Waals surface area contributed by atoms with Crippen molar-refractivity contribution in [3.8, 4) is 11.4 Å². The lowest BCUT2D eigenvalue weighted by atomic mass is 10.2. The first-order valence-electron chi connectivity index (χ1n) is 7.12. The molecule has 0 fully saturated rings. The SMILES string of the molecule is CN(C)c1nc(-c2ccccc2)nc2nc3ccccc3n12. The molecular formula is C17H15N5. The molecule has 0 bridgehead atoms. The summed E-state index contributed by atoms with van der Waals surface area (Å²) in [6, 6.07) is 18.0. The van der Waals surface area contributed by atoms with Crippen LogP contribution in [0.25, 0.3) is 28.2 Å². The molecule has 2 heterocycles. The average molecular weight is 289 g/mol. The van der Waals surface area contributed by atoms with E-state index < -0.39 is 0 Å². The highest BCUT2D eigenvalue weighted by molar-refractivity contribution is 5.81. The summed E-state index contributed by atoms with van der Waals surface area (Å²) >= 11 is 0. The van der Waals surface area contributed by atoms with Crippen LogP contribution in [0.3, 0.4) is 0 Å². The first kappa shape index (κ1) is 12.8. The Morgan fingerprint density at radius 2 is 1.55 bits per heavy atom. The van der Waals surface area contributed by atoms with E-state index in [-0.39, 0.29) is 0 Å². The highest BCUT2D eigenvalue weighted by atomic mass is 15.3. The van der Waals surface area contributed by atoms with E-state index in [9.17, 15) is 0 Å². The maximum Gasteiger partial charge on any atom is 0.239 e. The number of rotatable bonds is 2. The summed E-state index contributed by atoms with van der Waals surface area (Å²) in [7, 11) is 3.96. The third-order valence-electron chi connectivity index (χ3n) is 3.59. The van der Waals surface area contributed by atoms with Gasteiger partial charge in [0.1, 0.15) is 0 Å². The van der Waals surface area contributed by atoms with Crippen molar-refractivity contribution < 1.29 is 0 Å². The molecule has 0 unspecified atom stereocenters. The van der Waals surface area contributed by atoms with Crippen molar-refractivity contribution in [2.75, 3.05) is 19.0 Å². The molecule has 0 spiro atoms. The number of imidazole rings is 1. The zero-order valence-corrected chi connectivity index (χ0v) is 12.4. The van der Waals surface area contributed by atoms with Crippen LogP contribution in [0, 0.1) is 0 Å². The Balaban J connectivity index is 2.09. The van der Waals surface area contributed by atoms with Gasteiger partial charge in [0.05, 0.1) is 11.0 Å². The third-order valence-corrected chi connectivity index (χ3v) is 3.59. The Morgan fingerprint density at radius 3 is 2.32 bits per heavy atom. The summed E-state index contributed by atoms with van der Waals surface area (Å²) in [6.45, 7) is 0. The van der Waals surface area contributed by atoms with Gasteiger partial charge in [0.25, 0.3) is 0 Å². The monoisotopic (exact) mass is 289 g/mol. The van der Waals surface area contributed by atoms with E-state index in [0.717, 1.165) is 22.5 Å². The van der Waals surface area contributed by atoms with Crippen LogP contribution in [0.15, 0.2) is 54.6 Å². The molecule has 0 atom stereocenters. The molecule has 2 aromatic heterocycles. The summed E-state index contributed by atoms with van der Waals surface area (Å²) < 4.78 is 1.99. The van der Waals surface area contributed by atoms with Crippen molar-refractivity contribution in [2.45, 2.75) is 0 Å². The molecule has 0 N–H and O–H groups in total. The van der Waals surface area contributed by atoms with Crippen molar-refractivity contribution in [3.63, 3.8) is 0 Å². The van der Waals surface area contributed by atoms with Crippen LogP contribution in [0.2, 0.25) is 0 Å². The van der Waals surface area contributed by atoms with Gasteiger partial charge in [0.2, 0.25) is 11.7 Å². The normalized spacial score (nSPS) is 11.2. The lowest BCUT2D eigenvalue weighted by Gasteiger charge is -2.14. The molecule has 5 heteroatoms. The van der Waals surface area contributed by atoms with Crippen molar-refractivity contribution in [1.29, 1.82) is 0 Å². The molecule has 0 aliphatic rings. The van der Waals surface area contributed by atoms with E-state index >= 15 is 0 Å². The Bertz CT molecular complexity index is 957. The van der Waals surface area contributed by atoms with Crippen LogP contribution in [0.5, 0.6) is 0 Å². The summed E-state index contributed by atoms with van der Waals surface area (Å²) in [4.78, 5) is 16.0. The molecule has 0 amide bonds. The van der Waals surface area contributed by atoms with E-state index in [1.54, 1.807) is 0 Å². The smallest absolute Gasteiger partial charge is 0.239 e. The molecule has 0 radical (unpaired) electrons. The molecule has 0 aliphatic carbocycles. The molecular weight excluding hydrogens is 274 g/mol. The summed E-state index contributed by atoms with van der Waals surface area (Å²) in [6.07, 6.45) is 0. The second-order valence-electron chi connectivity index (χ2n) is 5.34. The predicted octanol–water partition coefficient (Wildman–Crippen LogP) is 3.01. The highest BCUT2D eigenvalue weighted by Crippen LogP contribution is 2.24. The van der Waals surface area contributed by atoms with Crippen LogP contribution < -0.4 is 4.90 Å². The minimum atomic E-state index is 0.666. The van der Waals surface area contributed by atoms with Gasteiger partial charge >= 0.3 is 0 Å². The summed E-state index contributed by atoms with van der Waals surface area (Å²) in [5, 5.41) is 0. The van der Waals surface area contributed by atoms with Crippen LogP contribution in [-0.4, -0.2) is 33.4 Å². The minimum Gasteiger partial charge on any atom is -0.348 e. The van der Waals surface area contributed by atoms with Crippen LogP contribution in [-0.2, 0) is 0 Å². The zero-order chi connectivity index (χ0) is 15.1. The Labute approximate surface area is 127 Å². The molecule has 0 saturated heterocycles. The largest absolute Gasteiger partial charge is 0.348 e. The van der Waals surface area contributed by atoms with Crippen molar-refractivity contribution in [3.05, 3.63) is 54.6 Å². The Kier molecular flexibility index (Phi) is 2.79. The summed E-state index contributed by atoms with van der Waals surface area (Å²) in [5.74, 6) is 2.17. The number of para-hydroxylation sites is 2. The Morgan fingerprint density at radius 1 is 0.818 bits per heavy atom. The summed E-state index contributed by atoms with van der Waals surface area (Å²) in [5.41, 5.74) is 2.92. The lowest BCUT2D eigenvalue weighted by molar-refractivity contribution is 0.946. The van der Waals surface area contributed by atoms with Crippen molar-refractivity contribution in [2.24, 2.45) is 0 Å². The second-order valence-corrected chi connectivity index (χ2v) is 5.34. The van der Waals surface area contributed by atoms with Crippen molar-refractivity contribution >= 4 is 22.8 Å². The third kappa shape index (κ3) is 1.90. The van der Waals surface area contributed by atoms with Crippen molar-refractivity contribution in [1.82, 2.24) is 19.4 Å². The van der Waals surface area contributed by atoms with Crippen LogP contribution >= 0.6 is 0 Å². The van der Waals surface area contributed by atoms with Gasteiger partial charge in [-0.2, -0.15) is 9.97 Å². The second kappa shape index (κ2) is 4.80. The average Bonchev–Trinajstić information content (AvgIpc) is 2.93. The quantitative estimate of drug-likeness (QED) is 0.569. The Hall–Kier alpha value is -2.95. The van der Waals surface area contributed by atoms with Gasteiger partial charge in [-0.15, -0.1) is 0 Å². The lowest BCUT2D eigenvalue weighted by Crippen LogP contribution is -2.16. The number of hydrogen-bond acceptors (Lipinski definition) is 4. The van der Waals surface area contributed by atoms with E-state index in [2.05, 4.69) is 9.97 Å². The molecule has 4 rings (SSSR count). The fourth-order valence-corrected chi connectivity index (χ4v) is 2.57. The number of fused-ring (bicyclic) bond motifs is 3. The molecule has 0 aliphatic heterocycles. The minimum absolute atomic E-state index is 0.666. The molecule has 108 valence electrons. The van der Waals surface area contributed by atoms with Gasteiger partial charge in [-0.25, -0.2) is 9.38 Å². The maximum absolute atomic E-state index is 4.73. The van der Waals surface area contributed by atoms with Gasteiger partial charge in [-0.1, -0.05) is 42.5 Å². The van der Waals surface area contributed by atoms with E-state index in [1.807, 2.05) is 78.0 Å². The van der Waals surface area contributed by atoms with Gasteiger partial charge in [-0.3, -0.25) is 0 Å². The number of aromatic nitrogens is 4. The maximum atomic E-state index is 4.73. The van der Waals surface area contributed by atoms with Gasteiger partial charge in [-0.05, 0) is 12.1 Å². The van der Waals surface area contributed by atoms with Gasteiger partial charge < -0.3 is 4.90 Å². The molecule has 2 aromatic carbocycles. The van der Waals surface area contributed by atoms with E-state index in [1.165, 1.54) is 0 Å². The fraction of sp³-hybridized carbons (Fsp3) is 0.118. The van der Waals surface area contributed by atoms with Gasteiger partial charge in [0.15, 0.2) is 5.82 Å². The van der Waals surface area contributed by atoms with Crippen LogP contribution in [0.1, 0.15) is 0 Å². The predicted molar refractivity (Wildman–Crippen MR) is 88.1 cm³/mol. The standard InChI is InChI=1S/C17H15N5/c1-21(2)17-20-15(12-8-4-3-5-9-12)19-16-18-13-10-6-7-11-14(13)22(16)17/h3-11H,1-2H3. The number of hydrogen-bond donors (Lipinski definition) is 0. The fourth-order valence-electron chi connectivity index (χ4n) is 2.57. The first-order chi connectivity index (χ1) is 10.7. The molecule has 22 heavy (non-hydrogen) atoms.